The lowest BCUT2D eigenvalue weighted by atomic mass is 10.0. The molecular weight excluding hydrogens is 391 g/mol. The Morgan fingerprint density at radius 1 is 1.05 bits per heavy atom. The van der Waals surface area contributed by atoms with Crippen LogP contribution in [-0.2, 0) is 0 Å². The first kappa shape index (κ1) is 13.7. The fourth-order valence-corrected chi connectivity index (χ4v) is 2.76. The number of ketones is 1. The second kappa shape index (κ2) is 5.61. The minimum atomic E-state index is -0.0751. The molecule has 0 bridgehead atoms. The fourth-order valence-electron chi connectivity index (χ4n) is 2.01. The Labute approximate surface area is 135 Å². The van der Waals surface area contributed by atoms with E-state index in [9.17, 15) is 4.79 Å². The number of carbonyl (C=O) groups is 1. The standard InChI is InChI=1S/C15H10ClIO3/c16-10-2-3-12(17)11(8-10)15(18)9-1-4-13-14(7-9)20-6-5-19-13/h1-4,7-8H,5-6H2. The Balaban J connectivity index is 2.00. The molecule has 0 N–H and O–H groups in total. The molecule has 0 saturated heterocycles. The summed E-state index contributed by atoms with van der Waals surface area (Å²) in [6, 6.07) is 10.5. The van der Waals surface area contributed by atoms with Gasteiger partial charge in [-0.2, -0.15) is 0 Å². The second-order valence-electron chi connectivity index (χ2n) is 4.31. The van der Waals surface area contributed by atoms with Crippen LogP contribution in [0.5, 0.6) is 11.5 Å². The third kappa shape index (κ3) is 2.62. The van der Waals surface area contributed by atoms with Crippen molar-refractivity contribution in [2.24, 2.45) is 0 Å². The van der Waals surface area contributed by atoms with E-state index in [4.69, 9.17) is 21.1 Å². The number of hydrogen-bond donors (Lipinski definition) is 0. The Bertz CT molecular complexity index is 685. The molecule has 0 atom stereocenters. The molecular formula is C15H10ClIO3. The van der Waals surface area contributed by atoms with E-state index in [0.29, 0.717) is 40.9 Å². The monoisotopic (exact) mass is 400 g/mol. The summed E-state index contributed by atoms with van der Waals surface area (Å²) in [6.45, 7) is 1.03. The van der Waals surface area contributed by atoms with E-state index in [0.717, 1.165) is 3.57 Å². The number of halogens is 2. The number of hydrogen-bond acceptors (Lipinski definition) is 3. The normalized spacial score (nSPS) is 13.1. The van der Waals surface area contributed by atoms with Crippen molar-refractivity contribution < 1.29 is 14.3 Å². The topological polar surface area (TPSA) is 35.5 Å². The number of carbonyl (C=O) groups excluding carboxylic acids is 1. The predicted octanol–water partition coefficient (Wildman–Crippen LogP) is 3.95. The Hall–Kier alpha value is -1.27. The van der Waals surface area contributed by atoms with E-state index >= 15 is 0 Å². The summed E-state index contributed by atoms with van der Waals surface area (Å²) < 4.78 is 11.8. The molecule has 20 heavy (non-hydrogen) atoms. The smallest absolute Gasteiger partial charge is 0.194 e. The molecule has 0 unspecified atom stereocenters. The molecule has 1 aliphatic heterocycles. The van der Waals surface area contributed by atoms with Gasteiger partial charge in [-0.15, -0.1) is 0 Å². The quantitative estimate of drug-likeness (QED) is 0.566. The van der Waals surface area contributed by atoms with Gasteiger partial charge in [0.25, 0.3) is 0 Å². The molecule has 2 aromatic carbocycles. The molecule has 3 rings (SSSR count). The Morgan fingerprint density at radius 3 is 2.60 bits per heavy atom. The van der Waals surface area contributed by atoms with Crippen LogP contribution in [0.25, 0.3) is 0 Å². The lowest BCUT2D eigenvalue weighted by Gasteiger charge is -2.18. The molecule has 5 heteroatoms. The van der Waals surface area contributed by atoms with Crippen LogP contribution in [0.1, 0.15) is 15.9 Å². The summed E-state index contributed by atoms with van der Waals surface area (Å²) in [4.78, 5) is 12.5. The minimum Gasteiger partial charge on any atom is -0.486 e. The van der Waals surface area contributed by atoms with Crippen molar-refractivity contribution in [3.63, 3.8) is 0 Å². The first-order valence-corrected chi connectivity index (χ1v) is 7.50. The van der Waals surface area contributed by atoms with Gasteiger partial charge in [0.05, 0.1) is 0 Å². The second-order valence-corrected chi connectivity index (χ2v) is 5.91. The number of rotatable bonds is 2. The van der Waals surface area contributed by atoms with Crippen molar-refractivity contribution in [2.75, 3.05) is 13.2 Å². The number of benzene rings is 2. The van der Waals surface area contributed by atoms with Crippen molar-refractivity contribution in [3.8, 4) is 11.5 Å². The zero-order valence-electron chi connectivity index (χ0n) is 10.4. The third-order valence-corrected chi connectivity index (χ3v) is 4.15. The van der Waals surface area contributed by atoms with E-state index in [1.807, 2.05) is 6.07 Å². The zero-order valence-corrected chi connectivity index (χ0v) is 13.3. The molecule has 1 aliphatic rings. The third-order valence-electron chi connectivity index (χ3n) is 2.98. The van der Waals surface area contributed by atoms with Gasteiger partial charge >= 0.3 is 0 Å². The molecule has 0 aliphatic carbocycles. The average Bonchev–Trinajstić information content (AvgIpc) is 2.48. The molecule has 3 nitrogen and oxygen atoms in total. The largest absolute Gasteiger partial charge is 0.486 e. The molecule has 0 aromatic heterocycles. The van der Waals surface area contributed by atoms with E-state index in [-0.39, 0.29) is 5.78 Å². The molecule has 0 radical (unpaired) electrons. The van der Waals surface area contributed by atoms with Gasteiger partial charge in [0.15, 0.2) is 17.3 Å². The molecule has 0 saturated carbocycles. The van der Waals surface area contributed by atoms with Crippen LogP contribution < -0.4 is 9.47 Å². The fraction of sp³-hybridized carbons (Fsp3) is 0.133. The van der Waals surface area contributed by atoms with Gasteiger partial charge in [0.1, 0.15) is 13.2 Å². The summed E-state index contributed by atoms with van der Waals surface area (Å²) in [6.07, 6.45) is 0. The maximum atomic E-state index is 12.5. The molecule has 2 aromatic rings. The van der Waals surface area contributed by atoms with Crippen molar-refractivity contribution in [3.05, 3.63) is 56.1 Å². The summed E-state index contributed by atoms with van der Waals surface area (Å²) in [5.74, 6) is 1.21. The molecule has 0 spiro atoms. The van der Waals surface area contributed by atoms with Gasteiger partial charge in [-0.3, -0.25) is 4.79 Å². The van der Waals surface area contributed by atoms with Crippen LogP contribution in [0.4, 0.5) is 0 Å². The maximum absolute atomic E-state index is 12.5. The first-order valence-electron chi connectivity index (χ1n) is 6.04. The minimum absolute atomic E-state index is 0.0751. The number of ether oxygens (including phenoxy) is 2. The van der Waals surface area contributed by atoms with Gasteiger partial charge in [-0.05, 0) is 59.0 Å². The number of fused-ring (bicyclic) bond motifs is 1. The summed E-state index contributed by atoms with van der Waals surface area (Å²) in [5.41, 5.74) is 1.16. The van der Waals surface area contributed by atoms with E-state index in [1.165, 1.54) is 0 Å². The highest BCUT2D eigenvalue weighted by Crippen LogP contribution is 2.32. The highest BCUT2D eigenvalue weighted by molar-refractivity contribution is 14.1. The van der Waals surface area contributed by atoms with Gasteiger partial charge in [-0.1, -0.05) is 11.6 Å². The first-order chi connectivity index (χ1) is 9.65. The van der Waals surface area contributed by atoms with E-state index in [2.05, 4.69) is 22.6 Å². The van der Waals surface area contributed by atoms with Gasteiger partial charge < -0.3 is 9.47 Å². The highest BCUT2D eigenvalue weighted by atomic mass is 127. The van der Waals surface area contributed by atoms with Crippen molar-refractivity contribution in [1.29, 1.82) is 0 Å². The van der Waals surface area contributed by atoms with Crippen LogP contribution in [0.3, 0.4) is 0 Å². The average molecular weight is 401 g/mol. The predicted molar refractivity (Wildman–Crippen MR) is 85.0 cm³/mol. The molecule has 1 heterocycles. The van der Waals surface area contributed by atoms with Crippen molar-refractivity contribution in [2.45, 2.75) is 0 Å². The molecule has 0 fully saturated rings. The zero-order chi connectivity index (χ0) is 14.1. The van der Waals surface area contributed by atoms with Crippen molar-refractivity contribution >= 4 is 40.0 Å². The van der Waals surface area contributed by atoms with Crippen LogP contribution in [0, 0.1) is 3.57 Å². The summed E-state index contributed by atoms with van der Waals surface area (Å²) in [7, 11) is 0. The van der Waals surface area contributed by atoms with Gasteiger partial charge in [0.2, 0.25) is 0 Å². The Morgan fingerprint density at radius 2 is 1.80 bits per heavy atom. The van der Waals surface area contributed by atoms with E-state index in [1.54, 1.807) is 30.3 Å². The van der Waals surface area contributed by atoms with E-state index < -0.39 is 0 Å². The van der Waals surface area contributed by atoms with Gasteiger partial charge in [-0.25, -0.2) is 0 Å². The summed E-state index contributed by atoms with van der Waals surface area (Å²) >= 11 is 8.09. The highest BCUT2D eigenvalue weighted by Gasteiger charge is 2.17. The van der Waals surface area contributed by atoms with Crippen LogP contribution in [0.15, 0.2) is 36.4 Å². The van der Waals surface area contributed by atoms with Gasteiger partial charge in [0, 0.05) is 19.7 Å². The SMILES string of the molecule is O=C(c1ccc2c(c1)OCCO2)c1cc(Cl)ccc1I. The Kier molecular flexibility index (Phi) is 3.85. The van der Waals surface area contributed by atoms with Crippen LogP contribution in [-0.4, -0.2) is 19.0 Å². The summed E-state index contributed by atoms with van der Waals surface area (Å²) in [5, 5.41) is 0.548. The lowest BCUT2D eigenvalue weighted by Crippen LogP contribution is -2.16. The maximum Gasteiger partial charge on any atom is 0.194 e. The van der Waals surface area contributed by atoms with Crippen LogP contribution in [0.2, 0.25) is 5.02 Å². The van der Waals surface area contributed by atoms with Crippen LogP contribution >= 0.6 is 34.2 Å². The molecule has 102 valence electrons. The lowest BCUT2D eigenvalue weighted by molar-refractivity contribution is 0.103. The molecule has 0 amide bonds. The van der Waals surface area contributed by atoms with Crippen molar-refractivity contribution in [1.82, 2.24) is 0 Å².